The fraction of sp³-hybridized carbons (Fsp3) is 0.0909. The normalized spacial score (nSPS) is 10.3. The Morgan fingerprint density at radius 2 is 2.12 bits per heavy atom. The molecule has 0 saturated carbocycles. The monoisotopic (exact) mass is 218 g/mol. The van der Waals surface area contributed by atoms with E-state index in [-0.39, 0.29) is 12.0 Å². The number of carbonyl (C=O) groups excluding carboxylic acids is 1. The van der Waals surface area contributed by atoms with E-state index in [4.69, 9.17) is 5.21 Å². The van der Waals surface area contributed by atoms with Crippen LogP contribution in [0, 0.1) is 0 Å². The molecule has 0 aliphatic heterocycles. The number of fused-ring (bicyclic) bond motifs is 1. The number of carbonyl (C=O) groups is 1. The minimum absolute atomic E-state index is 0.0269. The van der Waals surface area contributed by atoms with Gasteiger partial charge in [0.25, 0.3) is 0 Å². The standard InChI is InChI=1S/C11H10N2O3/c14-10-5-7(6-11(15)13-16)8-3-1-2-4-9(8)12-10/h1-5,16H,6H2,(H,12,14)(H,13,15). The minimum atomic E-state index is -0.546. The first-order chi connectivity index (χ1) is 7.70. The van der Waals surface area contributed by atoms with Crippen molar-refractivity contribution in [3.05, 3.63) is 46.2 Å². The van der Waals surface area contributed by atoms with E-state index in [0.717, 1.165) is 5.39 Å². The van der Waals surface area contributed by atoms with Crippen LogP contribution >= 0.6 is 0 Å². The Bertz CT molecular complexity index is 589. The van der Waals surface area contributed by atoms with E-state index in [1.165, 1.54) is 6.07 Å². The summed E-state index contributed by atoms with van der Waals surface area (Å²) in [6, 6.07) is 8.55. The Morgan fingerprint density at radius 3 is 2.88 bits per heavy atom. The third kappa shape index (κ3) is 1.94. The number of rotatable bonds is 2. The number of aromatic nitrogens is 1. The number of H-pyrrole nitrogens is 1. The number of hydroxylamine groups is 1. The zero-order chi connectivity index (χ0) is 11.5. The molecular formula is C11H10N2O3. The second-order valence-electron chi connectivity index (χ2n) is 3.42. The van der Waals surface area contributed by atoms with Crippen molar-refractivity contribution in [1.82, 2.24) is 10.5 Å². The summed E-state index contributed by atoms with van der Waals surface area (Å²) in [5.41, 5.74) is 2.55. The highest BCUT2D eigenvalue weighted by Crippen LogP contribution is 2.14. The predicted octanol–water partition coefficient (Wildman–Crippen LogP) is 0.576. The molecule has 2 aromatic rings. The largest absolute Gasteiger partial charge is 0.322 e. The maximum absolute atomic E-state index is 11.3. The summed E-state index contributed by atoms with van der Waals surface area (Å²) in [6.07, 6.45) is -0.0269. The minimum Gasteiger partial charge on any atom is -0.322 e. The van der Waals surface area contributed by atoms with Crippen molar-refractivity contribution in [1.29, 1.82) is 0 Å². The average Bonchev–Trinajstić information content (AvgIpc) is 2.28. The average molecular weight is 218 g/mol. The van der Waals surface area contributed by atoms with Gasteiger partial charge in [0, 0.05) is 17.0 Å². The van der Waals surface area contributed by atoms with Gasteiger partial charge in [-0.25, -0.2) is 5.48 Å². The third-order valence-electron chi connectivity index (χ3n) is 2.31. The molecule has 0 radical (unpaired) electrons. The first-order valence-electron chi connectivity index (χ1n) is 4.74. The molecule has 0 aliphatic carbocycles. The van der Waals surface area contributed by atoms with Gasteiger partial charge in [0.2, 0.25) is 11.5 Å². The van der Waals surface area contributed by atoms with Gasteiger partial charge in [0.05, 0.1) is 6.42 Å². The lowest BCUT2D eigenvalue weighted by Gasteiger charge is -2.04. The van der Waals surface area contributed by atoms with Crippen LogP contribution in [-0.4, -0.2) is 16.1 Å². The maximum Gasteiger partial charge on any atom is 0.248 e. The van der Waals surface area contributed by atoms with Crippen LogP contribution in [-0.2, 0) is 11.2 Å². The molecule has 1 heterocycles. The van der Waals surface area contributed by atoms with Crippen LogP contribution in [0.25, 0.3) is 10.9 Å². The van der Waals surface area contributed by atoms with Gasteiger partial charge in [-0.3, -0.25) is 14.8 Å². The van der Waals surface area contributed by atoms with E-state index < -0.39 is 5.91 Å². The van der Waals surface area contributed by atoms with Gasteiger partial charge in [-0.15, -0.1) is 0 Å². The molecule has 0 fully saturated rings. The van der Waals surface area contributed by atoms with Gasteiger partial charge in [-0.1, -0.05) is 18.2 Å². The van der Waals surface area contributed by atoms with Crippen molar-refractivity contribution in [2.45, 2.75) is 6.42 Å². The molecule has 0 unspecified atom stereocenters. The van der Waals surface area contributed by atoms with Gasteiger partial charge in [-0.05, 0) is 11.6 Å². The number of amides is 1. The Kier molecular flexibility index (Phi) is 2.70. The number of hydrogen-bond donors (Lipinski definition) is 3. The summed E-state index contributed by atoms with van der Waals surface area (Å²) < 4.78 is 0. The van der Waals surface area contributed by atoms with Crippen molar-refractivity contribution in [2.24, 2.45) is 0 Å². The molecule has 5 nitrogen and oxygen atoms in total. The first-order valence-corrected chi connectivity index (χ1v) is 4.74. The lowest BCUT2D eigenvalue weighted by Crippen LogP contribution is -2.21. The Morgan fingerprint density at radius 1 is 1.38 bits per heavy atom. The van der Waals surface area contributed by atoms with Crippen molar-refractivity contribution < 1.29 is 10.0 Å². The molecule has 0 spiro atoms. The molecule has 0 atom stereocenters. The molecule has 0 aliphatic rings. The highest BCUT2D eigenvalue weighted by molar-refractivity contribution is 5.87. The van der Waals surface area contributed by atoms with Crippen LogP contribution in [0.1, 0.15) is 5.56 Å². The Hall–Kier alpha value is -2.14. The molecule has 82 valence electrons. The summed E-state index contributed by atoms with van der Waals surface area (Å²) in [4.78, 5) is 25.1. The molecule has 3 N–H and O–H groups in total. The number of pyridine rings is 1. The second kappa shape index (κ2) is 4.16. The van der Waals surface area contributed by atoms with Crippen LogP contribution in [0.3, 0.4) is 0 Å². The smallest absolute Gasteiger partial charge is 0.248 e. The maximum atomic E-state index is 11.3. The molecule has 0 bridgehead atoms. The van der Waals surface area contributed by atoms with Crippen LogP contribution in [0.4, 0.5) is 0 Å². The van der Waals surface area contributed by atoms with E-state index in [2.05, 4.69) is 4.98 Å². The summed E-state index contributed by atoms with van der Waals surface area (Å²) >= 11 is 0. The molecule has 16 heavy (non-hydrogen) atoms. The number of para-hydroxylation sites is 1. The molecule has 1 aromatic carbocycles. The van der Waals surface area contributed by atoms with Gasteiger partial charge in [0.1, 0.15) is 0 Å². The SMILES string of the molecule is O=C(Cc1cc(=O)[nH]c2ccccc12)NO. The summed E-state index contributed by atoms with van der Waals surface area (Å²) in [7, 11) is 0. The first kappa shape index (κ1) is 10.4. The van der Waals surface area contributed by atoms with Gasteiger partial charge >= 0.3 is 0 Å². The van der Waals surface area contributed by atoms with E-state index in [1.54, 1.807) is 17.6 Å². The summed E-state index contributed by atoms with van der Waals surface area (Å²) in [5, 5.41) is 9.25. The molecule has 2 rings (SSSR count). The quantitative estimate of drug-likeness (QED) is 0.509. The number of benzene rings is 1. The molecular weight excluding hydrogens is 208 g/mol. The highest BCUT2D eigenvalue weighted by Gasteiger charge is 2.07. The zero-order valence-corrected chi connectivity index (χ0v) is 8.36. The van der Waals surface area contributed by atoms with Gasteiger partial charge in [-0.2, -0.15) is 0 Å². The van der Waals surface area contributed by atoms with Crippen LogP contribution in [0.5, 0.6) is 0 Å². The van der Waals surface area contributed by atoms with Crippen molar-refractivity contribution >= 4 is 16.8 Å². The lowest BCUT2D eigenvalue weighted by molar-refractivity contribution is -0.128. The lowest BCUT2D eigenvalue weighted by atomic mass is 10.1. The van der Waals surface area contributed by atoms with Crippen molar-refractivity contribution in [3.63, 3.8) is 0 Å². The van der Waals surface area contributed by atoms with Crippen LogP contribution < -0.4 is 11.0 Å². The van der Waals surface area contributed by atoms with E-state index in [9.17, 15) is 9.59 Å². The Balaban J connectivity index is 2.59. The van der Waals surface area contributed by atoms with Gasteiger partial charge < -0.3 is 4.98 Å². The summed E-state index contributed by atoms with van der Waals surface area (Å²) in [5.74, 6) is -0.546. The fourth-order valence-corrected chi connectivity index (χ4v) is 1.64. The number of nitrogens with one attached hydrogen (secondary N) is 2. The van der Waals surface area contributed by atoms with Crippen LogP contribution in [0.2, 0.25) is 0 Å². The molecule has 5 heteroatoms. The van der Waals surface area contributed by atoms with E-state index in [0.29, 0.717) is 11.1 Å². The van der Waals surface area contributed by atoms with E-state index >= 15 is 0 Å². The van der Waals surface area contributed by atoms with Crippen LogP contribution in [0.15, 0.2) is 35.1 Å². The highest BCUT2D eigenvalue weighted by atomic mass is 16.5. The van der Waals surface area contributed by atoms with E-state index in [1.807, 2.05) is 12.1 Å². The molecule has 1 aromatic heterocycles. The van der Waals surface area contributed by atoms with Crippen molar-refractivity contribution in [2.75, 3.05) is 0 Å². The Labute approximate surface area is 90.7 Å². The predicted molar refractivity (Wildman–Crippen MR) is 58.2 cm³/mol. The van der Waals surface area contributed by atoms with Crippen molar-refractivity contribution in [3.8, 4) is 0 Å². The fourth-order valence-electron chi connectivity index (χ4n) is 1.64. The molecule has 1 amide bonds. The number of aromatic amines is 1. The zero-order valence-electron chi connectivity index (χ0n) is 8.36. The number of hydrogen-bond acceptors (Lipinski definition) is 3. The van der Waals surface area contributed by atoms with Gasteiger partial charge in [0.15, 0.2) is 0 Å². The third-order valence-corrected chi connectivity index (χ3v) is 2.31. The summed E-state index contributed by atoms with van der Waals surface area (Å²) in [6.45, 7) is 0. The molecule has 0 saturated heterocycles. The topological polar surface area (TPSA) is 82.2 Å². The second-order valence-corrected chi connectivity index (χ2v) is 3.42.